The van der Waals surface area contributed by atoms with Crippen molar-refractivity contribution in [2.45, 2.75) is 33.6 Å². The molecule has 0 aliphatic heterocycles. The summed E-state index contributed by atoms with van der Waals surface area (Å²) in [6, 6.07) is 4.58. The Balaban J connectivity index is 2.57. The predicted octanol–water partition coefficient (Wildman–Crippen LogP) is 3.41. The van der Waals surface area contributed by atoms with E-state index in [-0.39, 0.29) is 0 Å². The highest BCUT2D eigenvalue weighted by atomic mass is 32.1. The fourth-order valence-electron chi connectivity index (χ4n) is 2.36. The molecule has 2 heteroatoms. The lowest BCUT2D eigenvalue weighted by Gasteiger charge is -2.18. The third-order valence-electron chi connectivity index (χ3n) is 3.28. The smallest absolute Gasteiger partial charge is 0.00190 e. The van der Waals surface area contributed by atoms with Crippen LogP contribution in [0.1, 0.15) is 28.7 Å². The van der Waals surface area contributed by atoms with Gasteiger partial charge in [-0.25, -0.2) is 0 Å². The Morgan fingerprint density at radius 3 is 2.18 bits per heavy atom. The fraction of sp³-hybridized carbons (Fsp3) is 0.600. The van der Waals surface area contributed by atoms with Crippen LogP contribution in [0, 0.1) is 20.8 Å². The van der Waals surface area contributed by atoms with Crippen LogP contribution in [-0.4, -0.2) is 30.8 Å². The molecule has 0 saturated heterocycles. The van der Waals surface area contributed by atoms with E-state index < -0.39 is 0 Å². The second kappa shape index (κ2) is 7.07. The van der Waals surface area contributed by atoms with E-state index in [4.69, 9.17) is 0 Å². The van der Waals surface area contributed by atoms with Gasteiger partial charge in [0.15, 0.2) is 0 Å². The van der Waals surface area contributed by atoms with Crippen LogP contribution in [0.25, 0.3) is 0 Å². The molecule has 0 amide bonds. The van der Waals surface area contributed by atoms with Crippen LogP contribution in [0.5, 0.6) is 0 Å². The molecule has 0 aliphatic carbocycles. The van der Waals surface area contributed by atoms with Gasteiger partial charge in [0.05, 0.1) is 0 Å². The Labute approximate surface area is 112 Å². The van der Waals surface area contributed by atoms with E-state index in [1.165, 1.54) is 28.7 Å². The van der Waals surface area contributed by atoms with Gasteiger partial charge in [0.1, 0.15) is 0 Å². The van der Waals surface area contributed by atoms with Crippen molar-refractivity contribution in [2.24, 2.45) is 0 Å². The minimum Gasteiger partial charge on any atom is -0.306 e. The summed E-state index contributed by atoms with van der Waals surface area (Å²) in [5.41, 5.74) is 5.76. The largest absolute Gasteiger partial charge is 0.306 e. The Hall–Kier alpha value is -0.470. The molecule has 1 aromatic rings. The van der Waals surface area contributed by atoms with Gasteiger partial charge in [-0.15, -0.1) is 0 Å². The molecule has 0 spiro atoms. The number of nitrogens with zero attached hydrogens (tertiary/aromatic N) is 1. The zero-order valence-electron chi connectivity index (χ0n) is 11.6. The lowest BCUT2D eigenvalue weighted by atomic mass is 9.97. The summed E-state index contributed by atoms with van der Waals surface area (Å²) in [5.74, 6) is 0.979. The highest BCUT2D eigenvalue weighted by molar-refractivity contribution is 7.80. The van der Waals surface area contributed by atoms with Crippen LogP contribution in [0.4, 0.5) is 0 Å². The summed E-state index contributed by atoms with van der Waals surface area (Å²) in [6.07, 6.45) is 2.33. The van der Waals surface area contributed by atoms with Crippen LogP contribution in [0.3, 0.4) is 0 Å². The van der Waals surface area contributed by atoms with Gasteiger partial charge < -0.3 is 4.90 Å². The van der Waals surface area contributed by atoms with Gasteiger partial charge in [0.25, 0.3) is 0 Å². The SMILES string of the molecule is Cc1cc(C)c(CCN(C)CCCS)c(C)c1. The van der Waals surface area contributed by atoms with Crippen LogP contribution >= 0.6 is 12.6 Å². The molecule has 96 valence electrons. The summed E-state index contributed by atoms with van der Waals surface area (Å²) in [5, 5.41) is 0. The van der Waals surface area contributed by atoms with Gasteiger partial charge in [-0.2, -0.15) is 12.6 Å². The van der Waals surface area contributed by atoms with Gasteiger partial charge in [-0.3, -0.25) is 0 Å². The minimum atomic E-state index is 0.979. The van der Waals surface area contributed by atoms with Gasteiger partial charge in [0.2, 0.25) is 0 Å². The van der Waals surface area contributed by atoms with Crippen molar-refractivity contribution >= 4 is 12.6 Å². The van der Waals surface area contributed by atoms with Crippen molar-refractivity contribution in [3.8, 4) is 0 Å². The van der Waals surface area contributed by atoms with Gasteiger partial charge >= 0.3 is 0 Å². The monoisotopic (exact) mass is 251 g/mol. The molecular weight excluding hydrogens is 226 g/mol. The van der Waals surface area contributed by atoms with E-state index in [1.54, 1.807) is 0 Å². The molecule has 0 saturated carbocycles. The van der Waals surface area contributed by atoms with Crippen molar-refractivity contribution in [3.05, 3.63) is 34.4 Å². The molecule has 17 heavy (non-hydrogen) atoms. The molecule has 0 unspecified atom stereocenters. The van der Waals surface area contributed by atoms with Crippen molar-refractivity contribution in [2.75, 3.05) is 25.9 Å². The van der Waals surface area contributed by atoms with Crippen LogP contribution in [0.15, 0.2) is 12.1 Å². The van der Waals surface area contributed by atoms with Gasteiger partial charge in [-0.05, 0) is 69.6 Å². The number of benzene rings is 1. The zero-order chi connectivity index (χ0) is 12.8. The summed E-state index contributed by atoms with van der Waals surface area (Å²) < 4.78 is 0. The summed E-state index contributed by atoms with van der Waals surface area (Å²) in [4.78, 5) is 2.40. The first-order valence-corrected chi connectivity index (χ1v) is 7.04. The average molecular weight is 251 g/mol. The maximum Gasteiger partial charge on any atom is 0.00190 e. The van der Waals surface area contributed by atoms with E-state index in [2.05, 4.69) is 57.5 Å². The Morgan fingerprint density at radius 1 is 1.06 bits per heavy atom. The first-order chi connectivity index (χ1) is 8.04. The number of thiol groups is 1. The summed E-state index contributed by atoms with van der Waals surface area (Å²) >= 11 is 4.25. The molecule has 0 heterocycles. The number of hydrogen-bond donors (Lipinski definition) is 1. The van der Waals surface area contributed by atoms with Crippen molar-refractivity contribution in [3.63, 3.8) is 0 Å². The number of aryl methyl sites for hydroxylation is 3. The Kier molecular flexibility index (Phi) is 6.07. The van der Waals surface area contributed by atoms with Crippen LogP contribution < -0.4 is 0 Å². The maximum atomic E-state index is 4.25. The molecule has 1 nitrogen and oxygen atoms in total. The number of likely N-dealkylation sites (N-methyl/N-ethyl adjacent to an activating group) is 1. The van der Waals surface area contributed by atoms with Gasteiger partial charge in [-0.1, -0.05) is 17.7 Å². The maximum absolute atomic E-state index is 4.25. The quantitative estimate of drug-likeness (QED) is 0.758. The summed E-state index contributed by atoms with van der Waals surface area (Å²) in [7, 11) is 2.20. The second-order valence-corrected chi connectivity index (χ2v) is 5.45. The Morgan fingerprint density at radius 2 is 1.65 bits per heavy atom. The third kappa shape index (κ3) is 4.72. The molecular formula is C15H25NS. The third-order valence-corrected chi connectivity index (χ3v) is 3.60. The number of hydrogen-bond acceptors (Lipinski definition) is 2. The van der Waals surface area contributed by atoms with E-state index in [0.717, 1.165) is 25.3 Å². The predicted molar refractivity (Wildman–Crippen MR) is 80.3 cm³/mol. The first-order valence-electron chi connectivity index (χ1n) is 6.40. The van der Waals surface area contributed by atoms with Crippen molar-refractivity contribution < 1.29 is 0 Å². The lowest BCUT2D eigenvalue weighted by molar-refractivity contribution is 0.340. The average Bonchev–Trinajstić information content (AvgIpc) is 2.24. The zero-order valence-corrected chi connectivity index (χ0v) is 12.5. The lowest BCUT2D eigenvalue weighted by Crippen LogP contribution is -2.23. The molecule has 0 N–H and O–H groups in total. The topological polar surface area (TPSA) is 3.24 Å². The second-order valence-electron chi connectivity index (χ2n) is 5.01. The molecule has 0 bridgehead atoms. The highest BCUT2D eigenvalue weighted by Gasteiger charge is 2.05. The van der Waals surface area contributed by atoms with Crippen molar-refractivity contribution in [1.82, 2.24) is 4.90 Å². The molecule has 0 aromatic heterocycles. The first kappa shape index (κ1) is 14.6. The summed E-state index contributed by atoms with van der Waals surface area (Å²) in [6.45, 7) is 8.90. The van der Waals surface area contributed by atoms with E-state index in [9.17, 15) is 0 Å². The molecule has 0 fully saturated rings. The van der Waals surface area contributed by atoms with Crippen molar-refractivity contribution in [1.29, 1.82) is 0 Å². The molecule has 0 atom stereocenters. The normalized spacial score (nSPS) is 11.2. The highest BCUT2D eigenvalue weighted by Crippen LogP contribution is 2.17. The fourth-order valence-corrected chi connectivity index (χ4v) is 2.50. The molecule has 0 radical (unpaired) electrons. The standard InChI is InChI=1S/C15H25NS/c1-12-10-13(2)15(14(3)11-12)6-8-16(4)7-5-9-17/h10-11,17H,5-9H2,1-4H3. The number of rotatable bonds is 6. The van der Waals surface area contributed by atoms with E-state index in [0.29, 0.717) is 0 Å². The minimum absolute atomic E-state index is 0.979. The van der Waals surface area contributed by atoms with E-state index in [1.807, 2.05) is 0 Å². The Bertz CT molecular complexity index is 337. The van der Waals surface area contributed by atoms with Gasteiger partial charge in [0, 0.05) is 6.54 Å². The van der Waals surface area contributed by atoms with Crippen LogP contribution in [-0.2, 0) is 6.42 Å². The molecule has 0 aliphatic rings. The molecule has 1 aromatic carbocycles. The molecule has 1 rings (SSSR count). The van der Waals surface area contributed by atoms with Crippen LogP contribution in [0.2, 0.25) is 0 Å². The van der Waals surface area contributed by atoms with E-state index >= 15 is 0 Å².